The van der Waals surface area contributed by atoms with E-state index in [0.29, 0.717) is 11.6 Å². The number of aryl methyl sites for hydroxylation is 1. The molecule has 185 valence electrons. The van der Waals surface area contributed by atoms with Gasteiger partial charge in [0.2, 0.25) is 0 Å². The van der Waals surface area contributed by atoms with Crippen LogP contribution in [0.2, 0.25) is 5.01 Å². The van der Waals surface area contributed by atoms with Gasteiger partial charge in [-0.3, -0.25) is 4.98 Å². The van der Waals surface area contributed by atoms with E-state index >= 15 is 0 Å². The number of nitrogens with one attached hydrogen (secondary N) is 2. The van der Waals surface area contributed by atoms with Crippen molar-refractivity contribution in [1.82, 2.24) is 25.1 Å². The van der Waals surface area contributed by atoms with E-state index in [1.165, 1.54) is 0 Å². The Balaban J connectivity index is 0.000000252. The summed E-state index contributed by atoms with van der Waals surface area (Å²) in [5, 5.41) is 12.2. The zero-order chi connectivity index (χ0) is 34.3. The highest BCUT2D eigenvalue weighted by atomic mass is 15.4. The summed E-state index contributed by atoms with van der Waals surface area (Å²) in [5.41, 5.74) is 7.98. The summed E-state index contributed by atoms with van der Waals surface area (Å²) in [4.78, 5) is 12.0. The van der Waals surface area contributed by atoms with Crippen LogP contribution >= 0.6 is 0 Å². The number of anilines is 1. The van der Waals surface area contributed by atoms with Gasteiger partial charge in [0, 0.05) is 163 Å². The fourth-order valence-electron chi connectivity index (χ4n) is 5.91. The zero-order valence-corrected chi connectivity index (χ0v) is 25.9. The summed E-state index contributed by atoms with van der Waals surface area (Å²) in [7, 11) is 71.4. The first-order valence-electron chi connectivity index (χ1n) is 14.4. The van der Waals surface area contributed by atoms with Crippen LogP contribution in [0.1, 0.15) is 18.2 Å². The first-order chi connectivity index (χ1) is 21.7. The quantitative estimate of drug-likeness (QED) is 0.104. The molecule has 0 bridgehead atoms. The van der Waals surface area contributed by atoms with Crippen molar-refractivity contribution in [3.63, 3.8) is 0 Å². The average molecular weight is 556 g/mol. The number of aromatic amines is 1. The predicted molar refractivity (Wildman–Crippen MR) is 218 cm³/mol. The second-order valence-corrected chi connectivity index (χ2v) is 11.1. The summed E-state index contributed by atoms with van der Waals surface area (Å²) < 4.78 is 0. The van der Waals surface area contributed by atoms with Crippen molar-refractivity contribution in [2.45, 2.75) is 18.9 Å². The average Bonchev–Trinajstić information content (AvgIpc) is 3.38. The molecule has 2 N–H and O–H groups in total. The number of benzene rings is 1. The van der Waals surface area contributed by atoms with Gasteiger partial charge < -0.3 is 4.98 Å². The fraction of sp³-hybridized carbons (Fsp3) is 0.167. The van der Waals surface area contributed by atoms with Crippen molar-refractivity contribution >= 4 is 185 Å². The normalized spacial score (nSPS) is 11.1. The van der Waals surface area contributed by atoms with E-state index in [1.807, 2.05) is 50.2 Å². The Hall–Kier alpha value is -1.99. The Kier molecular flexibility index (Phi) is 14.1. The molecule has 0 aliphatic carbocycles. The number of H-pyrrole nitrogens is 1. The number of hydrazone groups is 1. The molecule has 4 rings (SSSR count). The number of hydrogen-bond acceptors (Lipinski definition) is 6. The number of aromatic nitrogens is 5. The topological polar surface area (TPSA) is 91.7 Å². The lowest BCUT2D eigenvalue weighted by atomic mass is 8.49. The number of fused-ring (bicyclic) bond motifs is 3. The van der Waals surface area contributed by atoms with Crippen molar-refractivity contribution in [1.29, 1.82) is 0 Å². The Morgan fingerprint density at radius 1 is 0.848 bits per heavy atom. The van der Waals surface area contributed by atoms with Crippen LogP contribution in [0.4, 0.5) is 5.95 Å². The molecule has 3 heterocycles. The van der Waals surface area contributed by atoms with Crippen molar-refractivity contribution in [2.75, 3.05) is 5.43 Å². The van der Waals surface area contributed by atoms with Crippen LogP contribution in [0.5, 0.6) is 0 Å². The van der Waals surface area contributed by atoms with Gasteiger partial charge in [-0.1, -0.05) is 24.3 Å². The van der Waals surface area contributed by atoms with E-state index in [9.17, 15) is 0 Å². The number of pyridine rings is 1. The molecular formula is C18H15B21N7. The molecule has 0 unspecified atom stereocenters. The lowest BCUT2D eigenvalue weighted by molar-refractivity contribution is 1.01. The van der Waals surface area contributed by atoms with Crippen LogP contribution in [0.3, 0.4) is 0 Å². The minimum Gasteiger partial charge on any atom is -0.337 e. The summed E-state index contributed by atoms with van der Waals surface area (Å²) in [5.74, 6) is 0.335. The molecule has 0 aliphatic rings. The Morgan fingerprint density at radius 3 is 1.96 bits per heavy atom. The highest BCUT2D eigenvalue weighted by Gasteiger charge is 2.54. The van der Waals surface area contributed by atoms with Gasteiger partial charge in [0.15, 0.2) is 5.65 Å². The second kappa shape index (κ2) is 16.9. The molecular weight excluding hydrogens is 541 g/mol. The van der Waals surface area contributed by atoms with Crippen LogP contribution in [0, 0.1) is 6.92 Å². The molecule has 0 aliphatic heterocycles. The molecule has 3 aromatic heterocycles. The third-order valence-electron chi connectivity index (χ3n) is 7.99. The van der Waals surface area contributed by atoms with Gasteiger partial charge >= 0.3 is 0 Å². The van der Waals surface area contributed by atoms with Crippen LogP contribution < -0.4 is 5.43 Å². The third kappa shape index (κ3) is 8.35. The third-order valence-corrected chi connectivity index (χ3v) is 7.99. The Labute approximate surface area is 292 Å². The maximum Gasteiger partial charge on any atom is 0.265 e. The van der Waals surface area contributed by atoms with Crippen LogP contribution in [0.15, 0.2) is 47.7 Å². The van der Waals surface area contributed by atoms with Crippen molar-refractivity contribution in [3.05, 3.63) is 53.9 Å². The van der Waals surface area contributed by atoms with Gasteiger partial charge in [0.05, 0.1) is 16.9 Å². The maximum absolute atomic E-state index is 6.12. The summed E-state index contributed by atoms with van der Waals surface area (Å²) in [6, 6.07) is 11.7. The lowest BCUT2D eigenvalue weighted by Crippen LogP contribution is -2.80. The number of nitrogens with zero attached hydrogens (tertiary/aromatic N) is 5. The largest absolute Gasteiger partial charge is 0.337 e. The van der Waals surface area contributed by atoms with E-state index in [-0.39, 0.29) is 0 Å². The molecule has 25 radical (unpaired) electrons. The smallest absolute Gasteiger partial charge is 0.265 e. The molecule has 0 saturated heterocycles. The van der Waals surface area contributed by atoms with Gasteiger partial charge in [-0.25, -0.2) is 5.43 Å². The highest BCUT2D eigenvalue weighted by Crippen LogP contribution is 2.37. The Morgan fingerprint density at radius 2 is 1.46 bits per heavy atom. The van der Waals surface area contributed by atoms with Crippen LogP contribution in [-0.2, 0) is 0 Å². The number of para-hydroxylation sites is 1. The van der Waals surface area contributed by atoms with E-state index < -0.39 is 56.5 Å². The summed E-state index contributed by atoms with van der Waals surface area (Å²) in [6.45, 7) is -0.00658. The first-order valence-corrected chi connectivity index (χ1v) is 14.4. The van der Waals surface area contributed by atoms with Gasteiger partial charge in [0.1, 0.15) is 5.52 Å². The minimum absolute atomic E-state index is 0.335. The molecule has 0 spiro atoms. The van der Waals surface area contributed by atoms with Gasteiger partial charge in [0.25, 0.3) is 5.95 Å². The Bertz CT molecular complexity index is 1550. The monoisotopic (exact) mass is 560 g/mol. The maximum atomic E-state index is 6.12. The molecule has 1 aromatic carbocycles. The number of rotatable bonds is 12. The van der Waals surface area contributed by atoms with Crippen molar-refractivity contribution < 1.29 is 0 Å². The summed E-state index contributed by atoms with van der Waals surface area (Å²) in [6.07, 6.45) is -2.44. The van der Waals surface area contributed by atoms with Crippen LogP contribution in [-0.4, -0.2) is 182 Å². The van der Waals surface area contributed by atoms with Gasteiger partial charge in [-0.15, -0.1) is 10.2 Å². The first kappa shape index (κ1) is 38.5. The molecule has 0 saturated carbocycles. The molecule has 46 heavy (non-hydrogen) atoms. The molecule has 4 aromatic rings. The molecule has 7 nitrogen and oxygen atoms in total. The minimum atomic E-state index is -1.42. The van der Waals surface area contributed by atoms with E-state index in [1.54, 1.807) is 6.20 Å². The van der Waals surface area contributed by atoms with Crippen molar-refractivity contribution in [3.8, 4) is 0 Å². The lowest BCUT2D eigenvalue weighted by Gasteiger charge is -2.59. The zero-order valence-electron chi connectivity index (χ0n) is 25.9. The number of hydrogen-bond donors (Lipinski definition) is 2. The van der Waals surface area contributed by atoms with E-state index in [0.717, 1.165) is 40.4 Å². The van der Waals surface area contributed by atoms with Gasteiger partial charge in [-0.05, 0) is 31.5 Å². The fourth-order valence-corrected chi connectivity index (χ4v) is 5.91. The molecule has 0 amide bonds. The summed E-state index contributed by atoms with van der Waals surface area (Å²) >= 11 is 0. The van der Waals surface area contributed by atoms with Crippen LogP contribution in [0.25, 0.3) is 22.1 Å². The second-order valence-electron chi connectivity index (χ2n) is 11.1. The molecule has 28 heteroatoms. The van der Waals surface area contributed by atoms with Gasteiger partial charge in [-0.2, -0.15) is 15.1 Å². The molecule has 0 fully saturated rings. The SMILES string of the molecule is C/C(=N/Nc1nnc2c(n1)[nH]c1c(C)cccc12)c1ccccn1.[B][B]B([B])C(B([B])[B])(B(B([B])[B])B([B])[B])B(B([B])[B])B([B])[B]. The molecule has 0 atom stereocenters. The van der Waals surface area contributed by atoms with Crippen molar-refractivity contribution in [2.24, 2.45) is 5.10 Å². The standard InChI is InChI=1S/C17H15N7.CB21/c1-10-6-5-7-12-14(10)19-16-15(12)22-24-17(20-16)23-21-11(2)13-8-3-4-9-18-13;2-14-16(5)1(15(3)4,17(19(6)7)20(8)9)18(21(10)11)22(12)13/h3-9H,1-2H3,(H2,19,20,23,24);/b21-11-;. The van der Waals surface area contributed by atoms with E-state index in [2.05, 4.69) is 35.7 Å². The predicted octanol–water partition coefficient (Wildman–Crippen LogP) is -4.74. The van der Waals surface area contributed by atoms with E-state index in [4.69, 9.17) is 92.8 Å². The highest BCUT2D eigenvalue weighted by molar-refractivity contribution is 7.94.